The van der Waals surface area contributed by atoms with Crippen molar-refractivity contribution in [3.8, 4) is 0 Å². The summed E-state index contributed by atoms with van der Waals surface area (Å²) in [5.74, 6) is -7.53. The van der Waals surface area contributed by atoms with Crippen molar-refractivity contribution in [2.24, 2.45) is 0 Å². The molecule has 0 saturated heterocycles. The van der Waals surface area contributed by atoms with Crippen molar-refractivity contribution in [1.82, 2.24) is 9.97 Å². The van der Waals surface area contributed by atoms with Crippen LogP contribution in [0.1, 0.15) is 86.5 Å². The van der Waals surface area contributed by atoms with Crippen LogP contribution in [0, 0.1) is 0 Å². The predicted octanol–water partition coefficient (Wildman–Crippen LogP) is 6.38. The molecular weight excluding hydrogens is 508 g/mol. The van der Waals surface area contributed by atoms with Crippen molar-refractivity contribution >= 4 is 23.6 Å². The van der Waals surface area contributed by atoms with Crippen LogP contribution >= 0.6 is 0 Å². The highest BCUT2D eigenvalue weighted by atomic mass is 19.3. The molecule has 2 aromatic heterocycles. The summed E-state index contributed by atoms with van der Waals surface area (Å²) in [6.07, 6.45) is 0.475. The van der Waals surface area contributed by atoms with Crippen molar-refractivity contribution in [3.63, 3.8) is 0 Å². The van der Waals surface area contributed by atoms with E-state index in [9.17, 15) is 27.2 Å². The molecule has 12 heteroatoms. The molecule has 4 N–H and O–H groups in total. The maximum absolute atomic E-state index is 13.0. The fourth-order valence-electron chi connectivity index (χ4n) is 3.10. The molecule has 38 heavy (non-hydrogen) atoms. The number of nitrogens with zero attached hydrogens (tertiary/aromatic N) is 2. The van der Waals surface area contributed by atoms with Crippen LogP contribution in [0.3, 0.4) is 0 Å². The molecule has 0 spiro atoms. The van der Waals surface area contributed by atoms with Crippen molar-refractivity contribution in [1.29, 1.82) is 0 Å². The van der Waals surface area contributed by atoms with Crippen LogP contribution in [0.25, 0.3) is 0 Å². The zero-order valence-corrected chi connectivity index (χ0v) is 22.4. The molecule has 0 aliphatic rings. The molecule has 2 aromatic rings. The van der Waals surface area contributed by atoms with Crippen molar-refractivity contribution < 1.29 is 37.4 Å². The molecule has 0 aromatic carbocycles. The van der Waals surface area contributed by atoms with E-state index >= 15 is 0 Å². The van der Waals surface area contributed by atoms with Gasteiger partial charge in [-0.25, -0.2) is 37.1 Å². The number of halogens is 4. The average molecular weight is 545 g/mol. The third kappa shape index (κ3) is 12.7. The summed E-state index contributed by atoms with van der Waals surface area (Å²) in [5.41, 5.74) is 0.0523. The zero-order valence-electron chi connectivity index (χ0n) is 22.4. The van der Waals surface area contributed by atoms with Gasteiger partial charge in [0.2, 0.25) is 0 Å². The fraction of sp³-hybridized carbons (Fsp3) is 0.538. The average Bonchev–Trinajstić information content (AvgIpc) is 2.76. The normalized spacial score (nSPS) is 13.1. The molecule has 0 unspecified atom stereocenters. The summed E-state index contributed by atoms with van der Waals surface area (Å²) in [6, 6.07) is 5.25. The summed E-state index contributed by atoms with van der Waals surface area (Å²) in [5, 5.41) is 23.9. The highest BCUT2D eigenvalue weighted by Gasteiger charge is 2.25. The van der Waals surface area contributed by atoms with Gasteiger partial charge in [0.05, 0.1) is 24.0 Å². The lowest BCUT2D eigenvalue weighted by molar-refractivity contribution is 0.0208. The maximum atomic E-state index is 13.0. The van der Waals surface area contributed by atoms with Gasteiger partial charge in [0.1, 0.15) is 11.6 Å². The van der Waals surface area contributed by atoms with Gasteiger partial charge >= 0.3 is 11.9 Å². The Labute approximate surface area is 219 Å². The molecule has 0 bridgehead atoms. The molecule has 0 aliphatic heterocycles. The van der Waals surface area contributed by atoms with E-state index in [1.54, 1.807) is 0 Å². The molecule has 8 nitrogen and oxygen atoms in total. The van der Waals surface area contributed by atoms with Crippen LogP contribution in [0.5, 0.6) is 0 Å². The van der Waals surface area contributed by atoms with Gasteiger partial charge in [0.25, 0.3) is 11.8 Å². The number of anilines is 2. The minimum Gasteiger partial charge on any atom is -0.478 e. The van der Waals surface area contributed by atoms with Gasteiger partial charge in [0, 0.05) is 23.5 Å². The Morgan fingerprint density at radius 1 is 0.763 bits per heavy atom. The monoisotopic (exact) mass is 544 g/mol. The Kier molecular flexibility index (Phi) is 11.9. The molecule has 2 atom stereocenters. The molecule has 0 amide bonds. The van der Waals surface area contributed by atoms with Gasteiger partial charge in [-0.1, -0.05) is 13.8 Å². The van der Waals surface area contributed by atoms with E-state index in [4.69, 9.17) is 10.2 Å². The Hall–Kier alpha value is -3.44. The highest BCUT2D eigenvalue weighted by molar-refractivity contribution is 5.89. The first-order valence-electron chi connectivity index (χ1n) is 12.2. The van der Waals surface area contributed by atoms with Gasteiger partial charge in [-0.2, -0.15) is 0 Å². The SMILES string of the molecule is CC[C@H](C)Nc1cc(C(=O)O)cc(CC(C)(F)F)n1.CC[C@H](C)Nc1cc(C(=O)O)cc(CC(C)(F)F)n1. The minimum absolute atomic E-state index is 0.0416. The van der Waals surface area contributed by atoms with Gasteiger partial charge in [-0.05, 0) is 64.8 Å². The number of aromatic carboxylic acids is 2. The first kappa shape index (κ1) is 32.6. The molecular formula is C26H36F4N4O4. The van der Waals surface area contributed by atoms with Crippen LogP contribution in [0.4, 0.5) is 29.2 Å². The largest absolute Gasteiger partial charge is 0.478 e. The molecule has 2 heterocycles. The summed E-state index contributed by atoms with van der Waals surface area (Å²) in [6.45, 7) is 9.29. The van der Waals surface area contributed by atoms with Crippen LogP contribution in [0.2, 0.25) is 0 Å². The van der Waals surface area contributed by atoms with Gasteiger partial charge < -0.3 is 20.8 Å². The number of aromatic nitrogens is 2. The molecule has 0 radical (unpaired) electrons. The van der Waals surface area contributed by atoms with E-state index in [1.165, 1.54) is 24.3 Å². The number of carboxylic acids is 2. The second kappa shape index (κ2) is 13.9. The predicted molar refractivity (Wildman–Crippen MR) is 138 cm³/mol. The van der Waals surface area contributed by atoms with Crippen molar-refractivity contribution in [2.75, 3.05) is 10.6 Å². The summed E-state index contributed by atoms with van der Waals surface area (Å²) >= 11 is 0. The third-order valence-corrected chi connectivity index (χ3v) is 5.25. The Bertz CT molecular complexity index is 1000. The second-order valence-electron chi connectivity index (χ2n) is 9.48. The Balaban J connectivity index is 0.000000380. The fourth-order valence-corrected chi connectivity index (χ4v) is 3.10. The van der Waals surface area contributed by atoms with Crippen LogP contribution in [-0.2, 0) is 12.8 Å². The zero-order chi connectivity index (χ0) is 29.3. The summed E-state index contributed by atoms with van der Waals surface area (Å²) in [4.78, 5) is 30.0. The first-order chi connectivity index (χ1) is 17.4. The lowest BCUT2D eigenvalue weighted by atomic mass is 10.1. The van der Waals surface area contributed by atoms with Gasteiger partial charge in [-0.15, -0.1) is 0 Å². The molecule has 0 aliphatic carbocycles. The van der Waals surface area contributed by atoms with Crippen molar-refractivity contribution in [3.05, 3.63) is 46.8 Å². The molecule has 2 rings (SSSR count). The van der Waals surface area contributed by atoms with E-state index in [1.807, 2.05) is 27.7 Å². The van der Waals surface area contributed by atoms with E-state index in [-0.39, 0.29) is 34.6 Å². The maximum Gasteiger partial charge on any atom is 0.335 e. The standard InChI is InChI=1S/2C13H18F2N2O2/c2*1-4-8(2)16-11-6-9(12(18)19)5-10(17-11)7-13(3,14)15/h2*5-6,8H,4,7H2,1-3H3,(H,16,17)(H,18,19)/t2*8-/m00/s1. The summed E-state index contributed by atoms with van der Waals surface area (Å²) < 4.78 is 52.0. The van der Waals surface area contributed by atoms with E-state index in [0.717, 1.165) is 26.7 Å². The van der Waals surface area contributed by atoms with Gasteiger partial charge in [-0.3, -0.25) is 0 Å². The van der Waals surface area contributed by atoms with Crippen LogP contribution < -0.4 is 10.6 Å². The van der Waals surface area contributed by atoms with E-state index < -0.39 is 36.6 Å². The number of hydrogen-bond donors (Lipinski definition) is 4. The van der Waals surface area contributed by atoms with Gasteiger partial charge in [0.15, 0.2) is 0 Å². The number of nitrogens with one attached hydrogen (secondary N) is 2. The highest BCUT2D eigenvalue weighted by Crippen LogP contribution is 2.22. The smallest absolute Gasteiger partial charge is 0.335 e. The lowest BCUT2D eigenvalue weighted by Gasteiger charge is -2.15. The Morgan fingerprint density at radius 2 is 1.08 bits per heavy atom. The number of carbonyl (C=O) groups is 2. The van der Waals surface area contributed by atoms with Crippen molar-refractivity contribution in [2.45, 2.75) is 91.2 Å². The second-order valence-corrected chi connectivity index (χ2v) is 9.48. The minimum atomic E-state index is -2.92. The van der Waals surface area contributed by atoms with E-state index in [0.29, 0.717) is 11.6 Å². The van der Waals surface area contributed by atoms with Crippen LogP contribution in [0.15, 0.2) is 24.3 Å². The first-order valence-corrected chi connectivity index (χ1v) is 12.2. The lowest BCUT2D eigenvalue weighted by Crippen LogP contribution is -2.18. The third-order valence-electron chi connectivity index (χ3n) is 5.25. The molecule has 0 saturated carbocycles. The number of pyridine rings is 2. The quantitative estimate of drug-likeness (QED) is 0.227. The number of alkyl halides is 4. The molecule has 0 fully saturated rings. The number of rotatable bonds is 12. The van der Waals surface area contributed by atoms with E-state index in [2.05, 4.69) is 20.6 Å². The number of carboxylic acid groups (broad SMARTS) is 2. The summed E-state index contributed by atoms with van der Waals surface area (Å²) in [7, 11) is 0. The Morgan fingerprint density at radius 3 is 1.32 bits per heavy atom. The van der Waals surface area contributed by atoms with Crippen LogP contribution in [-0.4, -0.2) is 56.0 Å². The topological polar surface area (TPSA) is 124 Å². The molecule has 212 valence electrons. The number of hydrogen-bond acceptors (Lipinski definition) is 6.